The summed E-state index contributed by atoms with van der Waals surface area (Å²) >= 11 is 0. The molecule has 114 valence electrons. The highest BCUT2D eigenvalue weighted by molar-refractivity contribution is 5.95. The number of hydrogen-bond donors (Lipinski definition) is 2. The zero-order valence-electron chi connectivity index (χ0n) is 10.3. The van der Waals surface area contributed by atoms with Crippen molar-refractivity contribution >= 4 is 17.8 Å². The molecular weight excluding hydrogens is 297 g/mol. The van der Waals surface area contributed by atoms with Gasteiger partial charge in [0.1, 0.15) is 18.8 Å². The summed E-state index contributed by atoms with van der Waals surface area (Å²) in [6.45, 7) is -1.82. The maximum absolute atomic E-state index is 12.3. The number of carboxylic acids is 2. The molecule has 0 bridgehead atoms. The lowest BCUT2D eigenvalue weighted by Crippen LogP contribution is -2.39. The van der Waals surface area contributed by atoms with Crippen molar-refractivity contribution in [1.29, 1.82) is 0 Å². The lowest BCUT2D eigenvalue weighted by Gasteiger charge is -2.18. The van der Waals surface area contributed by atoms with Gasteiger partial charge in [0, 0.05) is 6.20 Å². The molecule has 0 aromatic carbocycles. The maximum atomic E-state index is 12.3. The third kappa shape index (κ3) is 4.75. The topological polar surface area (TPSA) is 108 Å². The molecule has 1 aromatic rings. The monoisotopic (exact) mass is 306 g/mol. The van der Waals surface area contributed by atoms with Gasteiger partial charge >= 0.3 is 18.1 Å². The second-order valence-corrected chi connectivity index (χ2v) is 3.88. The van der Waals surface area contributed by atoms with Crippen LogP contribution in [0.1, 0.15) is 16.1 Å². The predicted molar refractivity (Wildman–Crippen MR) is 60.4 cm³/mol. The first-order chi connectivity index (χ1) is 9.61. The predicted octanol–water partition coefficient (Wildman–Crippen LogP) is 0.712. The highest BCUT2D eigenvalue weighted by atomic mass is 19.4. The van der Waals surface area contributed by atoms with Crippen LogP contribution in [0.3, 0.4) is 0 Å². The van der Waals surface area contributed by atoms with E-state index in [1.54, 1.807) is 0 Å². The Balaban J connectivity index is 2.98. The average Bonchev–Trinajstić information content (AvgIpc) is 2.35. The van der Waals surface area contributed by atoms with E-state index in [2.05, 4.69) is 4.98 Å². The van der Waals surface area contributed by atoms with Crippen molar-refractivity contribution in [2.24, 2.45) is 0 Å². The number of nitrogens with zero attached hydrogens (tertiary/aromatic N) is 2. The van der Waals surface area contributed by atoms with Gasteiger partial charge in [-0.05, 0) is 12.1 Å². The molecule has 21 heavy (non-hydrogen) atoms. The Morgan fingerprint density at radius 2 is 1.62 bits per heavy atom. The SMILES string of the molecule is O=C(O)CN(CC(=O)O)C(=O)c1ccc(C(F)(F)F)cn1. The summed E-state index contributed by atoms with van der Waals surface area (Å²) in [4.78, 5) is 36.7. The fraction of sp³-hybridized carbons (Fsp3) is 0.273. The number of aromatic nitrogens is 1. The van der Waals surface area contributed by atoms with Crippen LogP contribution in [0.25, 0.3) is 0 Å². The minimum absolute atomic E-state index is 0.410. The fourth-order valence-electron chi connectivity index (χ4n) is 1.38. The Hall–Kier alpha value is -2.65. The number of alkyl halides is 3. The van der Waals surface area contributed by atoms with Crippen LogP contribution in [0, 0.1) is 0 Å². The zero-order chi connectivity index (χ0) is 16.2. The van der Waals surface area contributed by atoms with Crippen LogP contribution < -0.4 is 0 Å². The van der Waals surface area contributed by atoms with Gasteiger partial charge in [0.25, 0.3) is 5.91 Å². The van der Waals surface area contributed by atoms with Crippen molar-refractivity contribution < 1.29 is 37.8 Å². The first-order valence-corrected chi connectivity index (χ1v) is 5.37. The molecule has 0 radical (unpaired) electrons. The summed E-state index contributed by atoms with van der Waals surface area (Å²) in [6.07, 6.45) is -4.22. The molecule has 0 aliphatic carbocycles. The summed E-state index contributed by atoms with van der Waals surface area (Å²) in [5.41, 5.74) is -1.56. The van der Waals surface area contributed by atoms with Crippen molar-refractivity contribution in [3.63, 3.8) is 0 Å². The third-order valence-electron chi connectivity index (χ3n) is 2.25. The van der Waals surface area contributed by atoms with Gasteiger partial charge in [-0.1, -0.05) is 0 Å². The number of aliphatic carboxylic acids is 2. The second-order valence-electron chi connectivity index (χ2n) is 3.88. The lowest BCUT2D eigenvalue weighted by molar-refractivity contribution is -0.141. The van der Waals surface area contributed by atoms with Gasteiger partial charge < -0.3 is 15.1 Å². The van der Waals surface area contributed by atoms with E-state index < -0.39 is 48.4 Å². The van der Waals surface area contributed by atoms with Crippen LogP contribution in [0.5, 0.6) is 0 Å². The number of hydrogen-bond acceptors (Lipinski definition) is 4. The van der Waals surface area contributed by atoms with Crippen molar-refractivity contribution in [2.75, 3.05) is 13.1 Å². The fourth-order valence-corrected chi connectivity index (χ4v) is 1.38. The molecule has 0 fully saturated rings. The summed E-state index contributed by atoms with van der Waals surface area (Å²) in [6, 6.07) is 1.35. The van der Waals surface area contributed by atoms with Crippen LogP contribution in [0.4, 0.5) is 13.2 Å². The largest absolute Gasteiger partial charge is 0.480 e. The molecule has 1 rings (SSSR count). The number of rotatable bonds is 5. The van der Waals surface area contributed by atoms with Crippen molar-refractivity contribution in [1.82, 2.24) is 9.88 Å². The molecule has 10 heteroatoms. The van der Waals surface area contributed by atoms with Crippen molar-refractivity contribution in [3.8, 4) is 0 Å². The second kappa shape index (κ2) is 6.20. The molecule has 0 unspecified atom stereocenters. The quantitative estimate of drug-likeness (QED) is 0.829. The number of carbonyl (C=O) groups is 3. The molecule has 0 saturated heterocycles. The van der Waals surface area contributed by atoms with E-state index in [1.807, 2.05) is 0 Å². The van der Waals surface area contributed by atoms with Crippen LogP contribution in [0.15, 0.2) is 18.3 Å². The number of pyridine rings is 1. The molecule has 0 saturated carbocycles. The van der Waals surface area contributed by atoms with Gasteiger partial charge in [-0.3, -0.25) is 19.4 Å². The first-order valence-electron chi connectivity index (χ1n) is 5.37. The Morgan fingerprint density at radius 3 is 1.95 bits per heavy atom. The van der Waals surface area contributed by atoms with Gasteiger partial charge in [-0.15, -0.1) is 0 Å². The van der Waals surface area contributed by atoms with Crippen LogP contribution in [-0.2, 0) is 15.8 Å². The zero-order valence-corrected chi connectivity index (χ0v) is 10.3. The molecule has 1 heterocycles. The van der Waals surface area contributed by atoms with E-state index >= 15 is 0 Å². The van der Waals surface area contributed by atoms with E-state index in [-0.39, 0.29) is 0 Å². The first kappa shape index (κ1) is 16.4. The Labute approximate surface area is 115 Å². The number of carboxylic acid groups (broad SMARTS) is 2. The van der Waals surface area contributed by atoms with Crippen LogP contribution in [0.2, 0.25) is 0 Å². The van der Waals surface area contributed by atoms with Gasteiger partial charge in [-0.25, -0.2) is 0 Å². The minimum Gasteiger partial charge on any atom is -0.480 e. The van der Waals surface area contributed by atoms with Gasteiger partial charge in [0.2, 0.25) is 0 Å². The van der Waals surface area contributed by atoms with E-state index in [1.165, 1.54) is 0 Å². The molecule has 0 atom stereocenters. The highest BCUT2D eigenvalue weighted by Crippen LogP contribution is 2.28. The normalized spacial score (nSPS) is 11.0. The van der Waals surface area contributed by atoms with Crippen molar-refractivity contribution in [3.05, 3.63) is 29.6 Å². The average molecular weight is 306 g/mol. The summed E-state index contributed by atoms with van der Waals surface area (Å²) in [7, 11) is 0. The summed E-state index contributed by atoms with van der Waals surface area (Å²) < 4.78 is 37.0. The highest BCUT2D eigenvalue weighted by Gasteiger charge is 2.31. The minimum atomic E-state index is -4.63. The maximum Gasteiger partial charge on any atom is 0.417 e. The Bertz CT molecular complexity index is 540. The molecule has 0 aliphatic heterocycles. The van der Waals surface area contributed by atoms with E-state index in [9.17, 15) is 27.6 Å². The van der Waals surface area contributed by atoms with Crippen LogP contribution in [-0.4, -0.2) is 51.0 Å². The molecule has 1 amide bonds. The summed E-state index contributed by atoms with van der Waals surface area (Å²) in [5, 5.41) is 17.2. The van der Waals surface area contributed by atoms with Crippen molar-refractivity contribution in [2.45, 2.75) is 6.18 Å². The number of halogens is 3. The number of carbonyl (C=O) groups excluding carboxylic acids is 1. The molecular formula is C11H9F3N2O5. The van der Waals surface area contributed by atoms with Gasteiger partial charge in [-0.2, -0.15) is 13.2 Å². The number of amides is 1. The summed E-state index contributed by atoms with van der Waals surface area (Å²) in [5.74, 6) is -4.01. The van der Waals surface area contributed by atoms with Crippen LogP contribution >= 0.6 is 0 Å². The third-order valence-corrected chi connectivity index (χ3v) is 2.25. The molecule has 0 aliphatic rings. The Kier molecular flexibility index (Phi) is 4.84. The molecule has 7 nitrogen and oxygen atoms in total. The smallest absolute Gasteiger partial charge is 0.417 e. The van der Waals surface area contributed by atoms with E-state index in [4.69, 9.17) is 10.2 Å². The van der Waals surface area contributed by atoms with Gasteiger partial charge in [0.05, 0.1) is 5.56 Å². The molecule has 2 N–H and O–H groups in total. The standard InChI is InChI=1S/C11H9F3N2O5/c12-11(13,14)6-1-2-7(15-3-6)10(21)16(4-8(17)18)5-9(19)20/h1-3H,4-5H2,(H,17,18)(H,19,20). The Morgan fingerprint density at radius 1 is 1.10 bits per heavy atom. The van der Waals surface area contributed by atoms with Gasteiger partial charge in [0.15, 0.2) is 0 Å². The van der Waals surface area contributed by atoms with E-state index in [0.29, 0.717) is 17.2 Å². The molecule has 1 aromatic heterocycles. The van der Waals surface area contributed by atoms with E-state index in [0.717, 1.165) is 6.07 Å². The molecule has 0 spiro atoms. The lowest BCUT2D eigenvalue weighted by atomic mass is 10.2.